The van der Waals surface area contributed by atoms with Gasteiger partial charge in [-0.3, -0.25) is 0 Å². The van der Waals surface area contributed by atoms with Gasteiger partial charge in [-0.1, -0.05) is 0 Å². The maximum absolute atomic E-state index is 13.8. The molecule has 0 fully saturated rings. The molecule has 0 N–H and O–H groups in total. The summed E-state index contributed by atoms with van der Waals surface area (Å²) in [6.45, 7) is 0. The first-order valence-electron chi connectivity index (χ1n) is 6.65. The summed E-state index contributed by atoms with van der Waals surface area (Å²) < 4.78 is 34.5. The van der Waals surface area contributed by atoms with Gasteiger partial charge in [0.2, 0.25) is 6.43 Å². The standard InChI is InChI=1S/C16H15F2N3O/c1-21-10-13(12-9-11(22-2)3-4-14(12)21)16(5-7-19,6-8-20)15(17)18/h3-4,9-10,15H,5-6H2,1-2H3. The molecule has 114 valence electrons. The highest BCUT2D eigenvalue weighted by Crippen LogP contribution is 2.42. The Bertz CT molecular complexity index is 752. The monoisotopic (exact) mass is 303 g/mol. The van der Waals surface area contributed by atoms with Gasteiger partial charge in [-0.2, -0.15) is 10.5 Å². The van der Waals surface area contributed by atoms with Gasteiger partial charge in [0.25, 0.3) is 0 Å². The molecule has 1 aromatic heterocycles. The van der Waals surface area contributed by atoms with Gasteiger partial charge in [0.1, 0.15) is 5.75 Å². The number of aryl methyl sites for hydroxylation is 1. The number of methoxy groups -OCH3 is 1. The van der Waals surface area contributed by atoms with E-state index in [0.29, 0.717) is 16.7 Å². The number of benzene rings is 1. The first-order chi connectivity index (χ1) is 10.5. The van der Waals surface area contributed by atoms with Gasteiger partial charge < -0.3 is 9.30 Å². The van der Waals surface area contributed by atoms with Crippen LogP contribution in [-0.4, -0.2) is 18.1 Å². The van der Waals surface area contributed by atoms with Crippen LogP contribution in [0.4, 0.5) is 8.78 Å². The number of hydrogen-bond donors (Lipinski definition) is 0. The van der Waals surface area contributed by atoms with Gasteiger partial charge in [0, 0.05) is 24.1 Å². The summed E-state index contributed by atoms with van der Waals surface area (Å²) in [4.78, 5) is 0. The molecular weight excluding hydrogens is 288 g/mol. The maximum Gasteiger partial charge on any atom is 0.250 e. The molecular formula is C16H15F2N3O. The summed E-state index contributed by atoms with van der Waals surface area (Å²) in [5.74, 6) is 0.539. The molecule has 2 rings (SSSR count). The number of hydrogen-bond acceptors (Lipinski definition) is 3. The molecule has 0 radical (unpaired) electrons. The van der Waals surface area contributed by atoms with Crippen LogP contribution in [0.25, 0.3) is 10.9 Å². The third-order valence-electron chi connectivity index (χ3n) is 3.94. The third kappa shape index (κ3) is 2.37. The van der Waals surface area contributed by atoms with E-state index >= 15 is 0 Å². The summed E-state index contributed by atoms with van der Waals surface area (Å²) in [6, 6.07) is 8.78. The zero-order chi connectivity index (χ0) is 16.3. The van der Waals surface area contributed by atoms with Crippen molar-refractivity contribution in [1.82, 2.24) is 4.57 Å². The molecule has 0 aliphatic carbocycles. The molecule has 0 unspecified atom stereocenters. The Hall–Kier alpha value is -2.60. The molecule has 4 nitrogen and oxygen atoms in total. The van der Waals surface area contributed by atoms with Crippen LogP contribution in [0, 0.1) is 22.7 Å². The minimum absolute atomic E-state index is 0.307. The van der Waals surface area contributed by atoms with Crippen LogP contribution in [-0.2, 0) is 12.5 Å². The first kappa shape index (κ1) is 15.8. The van der Waals surface area contributed by atoms with Gasteiger partial charge >= 0.3 is 0 Å². The quantitative estimate of drug-likeness (QED) is 0.849. The fraction of sp³-hybridized carbons (Fsp3) is 0.375. The Labute approximate surface area is 127 Å². The van der Waals surface area contributed by atoms with Crippen molar-refractivity contribution < 1.29 is 13.5 Å². The van der Waals surface area contributed by atoms with Crippen molar-refractivity contribution in [2.45, 2.75) is 24.7 Å². The van der Waals surface area contributed by atoms with E-state index in [2.05, 4.69) is 0 Å². The average Bonchev–Trinajstić information content (AvgIpc) is 2.83. The summed E-state index contributed by atoms with van der Waals surface area (Å²) in [5.41, 5.74) is -0.742. The second kappa shape index (κ2) is 6.03. The lowest BCUT2D eigenvalue weighted by molar-refractivity contribution is 0.0539. The second-order valence-corrected chi connectivity index (χ2v) is 5.16. The van der Waals surface area contributed by atoms with Gasteiger partial charge in [-0.05, 0) is 23.8 Å². The lowest BCUT2D eigenvalue weighted by atomic mass is 9.75. The molecule has 1 heterocycles. The lowest BCUT2D eigenvalue weighted by Gasteiger charge is -2.28. The van der Waals surface area contributed by atoms with E-state index in [1.165, 1.54) is 7.11 Å². The largest absolute Gasteiger partial charge is 0.497 e. The molecule has 1 aromatic carbocycles. The highest BCUT2D eigenvalue weighted by atomic mass is 19.3. The Kier molecular flexibility index (Phi) is 4.32. The third-order valence-corrected chi connectivity index (χ3v) is 3.94. The molecule has 0 spiro atoms. The van der Waals surface area contributed by atoms with Crippen LogP contribution < -0.4 is 4.74 Å². The van der Waals surface area contributed by atoms with Crippen LogP contribution in [0.3, 0.4) is 0 Å². The maximum atomic E-state index is 13.8. The predicted octanol–water partition coefficient (Wildman–Crippen LogP) is 3.52. The van der Waals surface area contributed by atoms with E-state index in [1.807, 2.05) is 0 Å². The molecule has 22 heavy (non-hydrogen) atoms. The molecule has 0 saturated heterocycles. The Morgan fingerprint density at radius 2 is 1.91 bits per heavy atom. The van der Waals surface area contributed by atoms with E-state index in [4.69, 9.17) is 15.3 Å². The van der Waals surface area contributed by atoms with E-state index in [0.717, 1.165) is 5.52 Å². The normalized spacial score (nSPS) is 11.4. The SMILES string of the molecule is COc1ccc2c(c1)c(C(CC#N)(CC#N)C(F)F)cn2C. The second-order valence-electron chi connectivity index (χ2n) is 5.16. The Morgan fingerprint density at radius 1 is 1.27 bits per heavy atom. The summed E-state index contributed by atoms with van der Waals surface area (Å²) in [5, 5.41) is 18.6. The van der Waals surface area contributed by atoms with Crippen molar-refractivity contribution in [3.8, 4) is 17.9 Å². The number of aromatic nitrogens is 1. The number of halogens is 2. The summed E-state index contributed by atoms with van der Waals surface area (Å²) in [6.07, 6.45) is -2.09. The lowest BCUT2D eigenvalue weighted by Crippen LogP contribution is -2.33. The van der Waals surface area contributed by atoms with Crippen LogP contribution in [0.5, 0.6) is 5.75 Å². The first-order valence-corrected chi connectivity index (χ1v) is 6.65. The number of nitriles is 2. The molecule has 0 saturated carbocycles. The Morgan fingerprint density at radius 3 is 2.41 bits per heavy atom. The molecule has 6 heteroatoms. The van der Waals surface area contributed by atoms with E-state index in [9.17, 15) is 8.78 Å². The van der Waals surface area contributed by atoms with Gasteiger partial charge in [0.15, 0.2) is 0 Å². The van der Waals surface area contributed by atoms with Crippen LogP contribution >= 0.6 is 0 Å². The fourth-order valence-corrected chi connectivity index (χ4v) is 2.70. The molecule has 2 aromatic rings. The zero-order valence-corrected chi connectivity index (χ0v) is 12.3. The smallest absolute Gasteiger partial charge is 0.250 e. The molecule has 0 atom stereocenters. The average molecular weight is 303 g/mol. The van der Waals surface area contributed by atoms with Gasteiger partial charge in [-0.15, -0.1) is 0 Å². The summed E-state index contributed by atoms with van der Waals surface area (Å²) in [7, 11) is 3.24. The Balaban J connectivity index is 2.79. The highest BCUT2D eigenvalue weighted by molar-refractivity contribution is 5.86. The number of alkyl halides is 2. The number of ether oxygens (including phenoxy) is 1. The minimum atomic E-state index is -2.82. The van der Waals surface area contributed by atoms with Crippen molar-refractivity contribution >= 4 is 10.9 Å². The number of fused-ring (bicyclic) bond motifs is 1. The highest BCUT2D eigenvalue weighted by Gasteiger charge is 2.43. The fourth-order valence-electron chi connectivity index (χ4n) is 2.70. The van der Waals surface area contributed by atoms with Crippen molar-refractivity contribution in [2.24, 2.45) is 7.05 Å². The van der Waals surface area contributed by atoms with E-state index in [-0.39, 0.29) is 0 Å². The predicted molar refractivity (Wildman–Crippen MR) is 77.6 cm³/mol. The molecule has 0 aliphatic heterocycles. The number of nitrogens with zero attached hydrogens (tertiary/aromatic N) is 3. The van der Waals surface area contributed by atoms with Crippen molar-refractivity contribution in [2.75, 3.05) is 7.11 Å². The topological polar surface area (TPSA) is 61.7 Å². The van der Waals surface area contributed by atoms with Gasteiger partial charge in [0.05, 0.1) is 37.5 Å². The van der Waals surface area contributed by atoms with Crippen LogP contribution in [0.1, 0.15) is 18.4 Å². The molecule has 0 amide bonds. The minimum Gasteiger partial charge on any atom is -0.497 e. The van der Waals surface area contributed by atoms with Crippen molar-refractivity contribution in [3.05, 3.63) is 30.0 Å². The van der Waals surface area contributed by atoms with Crippen molar-refractivity contribution in [1.29, 1.82) is 10.5 Å². The van der Waals surface area contributed by atoms with E-state index in [1.54, 1.807) is 48.1 Å². The number of rotatable bonds is 5. The zero-order valence-electron chi connectivity index (χ0n) is 12.3. The van der Waals surface area contributed by atoms with E-state index < -0.39 is 24.7 Å². The van der Waals surface area contributed by atoms with Crippen LogP contribution in [0.15, 0.2) is 24.4 Å². The summed E-state index contributed by atoms with van der Waals surface area (Å²) >= 11 is 0. The van der Waals surface area contributed by atoms with Crippen LogP contribution in [0.2, 0.25) is 0 Å². The van der Waals surface area contributed by atoms with Gasteiger partial charge in [-0.25, -0.2) is 8.78 Å². The van der Waals surface area contributed by atoms with Crippen molar-refractivity contribution in [3.63, 3.8) is 0 Å². The molecule has 0 bridgehead atoms. The molecule has 0 aliphatic rings.